The van der Waals surface area contributed by atoms with Crippen LogP contribution >= 0.6 is 15.9 Å². The van der Waals surface area contributed by atoms with Gasteiger partial charge in [0.2, 0.25) is 0 Å². The number of hydrogen-bond acceptors (Lipinski definition) is 1. The smallest absolute Gasteiger partial charge is 0.0841 e. The lowest BCUT2D eigenvalue weighted by Crippen LogP contribution is -2.04. The minimum atomic E-state index is -0.476. The van der Waals surface area contributed by atoms with E-state index >= 15 is 0 Å². The van der Waals surface area contributed by atoms with Gasteiger partial charge in [0.15, 0.2) is 0 Å². The van der Waals surface area contributed by atoms with Gasteiger partial charge in [-0.25, -0.2) is 0 Å². The summed E-state index contributed by atoms with van der Waals surface area (Å²) >= 11 is 3.53. The van der Waals surface area contributed by atoms with Gasteiger partial charge in [0.05, 0.1) is 6.10 Å². The molecule has 100 valence electrons. The summed E-state index contributed by atoms with van der Waals surface area (Å²) in [5.74, 6) is 0.468. The normalized spacial score (nSPS) is 12.7. The third kappa shape index (κ3) is 3.68. The molecule has 2 heteroatoms. The van der Waals surface area contributed by atoms with E-state index in [0.29, 0.717) is 12.3 Å². The molecule has 0 radical (unpaired) electrons. The SMILES string of the molecule is CC(C)c1ccc(Br)c(C(O)Cc2ccccc2)c1. The van der Waals surface area contributed by atoms with Crippen LogP contribution in [0.2, 0.25) is 0 Å². The Kier molecular flexibility index (Phi) is 4.78. The van der Waals surface area contributed by atoms with Gasteiger partial charge in [-0.1, -0.05) is 72.2 Å². The Morgan fingerprint density at radius 1 is 1.05 bits per heavy atom. The quantitative estimate of drug-likeness (QED) is 0.854. The highest BCUT2D eigenvalue weighted by molar-refractivity contribution is 9.10. The zero-order valence-corrected chi connectivity index (χ0v) is 12.9. The first-order valence-electron chi connectivity index (χ1n) is 6.59. The molecule has 0 saturated heterocycles. The summed E-state index contributed by atoms with van der Waals surface area (Å²) in [5, 5.41) is 10.4. The molecule has 1 nitrogen and oxygen atoms in total. The molecule has 1 N–H and O–H groups in total. The van der Waals surface area contributed by atoms with Crippen LogP contribution in [0.15, 0.2) is 53.0 Å². The molecule has 0 amide bonds. The largest absolute Gasteiger partial charge is 0.388 e. The van der Waals surface area contributed by atoms with E-state index in [1.807, 2.05) is 36.4 Å². The molecule has 2 aromatic rings. The summed E-state index contributed by atoms with van der Waals surface area (Å²) < 4.78 is 0.973. The molecule has 0 aliphatic heterocycles. The average Bonchev–Trinajstić information content (AvgIpc) is 2.40. The lowest BCUT2D eigenvalue weighted by Gasteiger charge is -2.16. The molecule has 0 spiro atoms. The molecule has 2 aromatic carbocycles. The van der Waals surface area contributed by atoms with E-state index in [1.165, 1.54) is 5.56 Å². The second-order valence-electron chi connectivity index (χ2n) is 5.14. The van der Waals surface area contributed by atoms with Crippen molar-refractivity contribution in [3.8, 4) is 0 Å². The standard InChI is InChI=1S/C17H19BrO/c1-12(2)14-8-9-16(18)15(11-14)17(19)10-13-6-4-3-5-7-13/h3-9,11-12,17,19H,10H2,1-2H3. The molecule has 0 aliphatic carbocycles. The van der Waals surface area contributed by atoms with Gasteiger partial charge in [0, 0.05) is 10.9 Å². The van der Waals surface area contributed by atoms with Gasteiger partial charge in [-0.2, -0.15) is 0 Å². The van der Waals surface area contributed by atoms with E-state index in [1.54, 1.807) is 0 Å². The highest BCUT2D eigenvalue weighted by Crippen LogP contribution is 2.29. The molecule has 0 bridgehead atoms. The lowest BCUT2D eigenvalue weighted by atomic mass is 9.96. The Balaban J connectivity index is 2.23. The maximum atomic E-state index is 10.4. The lowest BCUT2D eigenvalue weighted by molar-refractivity contribution is 0.177. The van der Waals surface area contributed by atoms with Crippen molar-refractivity contribution in [1.82, 2.24) is 0 Å². The molecule has 0 heterocycles. The van der Waals surface area contributed by atoms with E-state index in [0.717, 1.165) is 15.6 Å². The molecule has 2 rings (SSSR count). The molecule has 0 saturated carbocycles. The molecule has 0 aliphatic rings. The van der Waals surface area contributed by atoms with Crippen molar-refractivity contribution < 1.29 is 5.11 Å². The monoisotopic (exact) mass is 318 g/mol. The minimum absolute atomic E-state index is 0.468. The Hall–Kier alpha value is -1.12. The minimum Gasteiger partial charge on any atom is -0.388 e. The number of benzene rings is 2. The number of aliphatic hydroxyl groups excluding tert-OH is 1. The first-order chi connectivity index (χ1) is 9.08. The second kappa shape index (κ2) is 6.36. The van der Waals surface area contributed by atoms with E-state index in [4.69, 9.17) is 0 Å². The van der Waals surface area contributed by atoms with Gasteiger partial charge >= 0.3 is 0 Å². The van der Waals surface area contributed by atoms with Gasteiger partial charge in [0.25, 0.3) is 0 Å². The first kappa shape index (κ1) is 14.3. The molecule has 19 heavy (non-hydrogen) atoms. The fourth-order valence-electron chi connectivity index (χ4n) is 2.12. The van der Waals surface area contributed by atoms with Crippen molar-refractivity contribution in [1.29, 1.82) is 0 Å². The number of hydrogen-bond donors (Lipinski definition) is 1. The number of aliphatic hydroxyl groups is 1. The third-order valence-corrected chi connectivity index (χ3v) is 4.04. The molecule has 0 aromatic heterocycles. The Morgan fingerprint density at radius 3 is 2.37 bits per heavy atom. The molecular formula is C17H19BrO. The van der Waals surface area contributed by atoms with Crippen molar-refractivity contribution in [3.63, 3.8) is 0 Å². The average molecular weight is 319 g/mol. The second-order valence-corrected chi connectivity index (χ2v) is 6.00. The highest BCUT2D eigenvalue weighted by atomic mass is 79.9. The van der Waals surface area contributed by atoms with Crippen LogP contribution in [-0.2, 0) is 6.42 Å². The van der Waals surface area contributed by atoms with Crippen LogP contribution in [-0.4, -0.2) is 5.11 Å². The van der Waals surface area contributed by atoms with Crippen LogP contribution in [0.5, 0.6) is 0 Å². The maximum absolute atomic E-state index is 10.4. The van der Waals surface area contributed by atoms with Gasteiger partial charge in [0.1, 0.15) is 0 Å². The van der Waals surface area contributed by atoms with E-state index in [-0.39, 0.29) is 0 Å². The van der Waals surface area contributed by atoms with Gasteiger partial charge < -0.3 is 5.11 Å². The topological polar surface area (TPSA) is 20.2 Å². The Morgan fingerprint density at radius 2 is 1.74 bits per heavy atom. The van der Waals surface area contributed by atoms with Crippen LogP contribution in [0.3, 0.4) is 0 Å². The summed E-state index contributed by atoms with van der Waals surface area (Å²) in [6.07, 6.45) is 0.163. The highest BCUT2D eigenvalue weighted by Gasteiger charge is 2.13. The maximum Gasteiger partial charge on any atom is 0.0841 e. The fourth-order valence-corrected chi connectivity index (χ4v) is 2.63. The molecule has 1 unspecified atom stereocenters. The van der Waals surface area contributed by atoms with Crippen LogP contribution in [0.4, 0.5) is 0 Å². The van der Waals surface area contributed by atoms with E-state index in [9.17, 15) is 5.11 Å². The molecular weight excluding hydrogens is 300 g/mol. The van der Waals surface area contributed by atoms with Crippen molar-refractivity contribution in [2.24, 2.45) is 0 Å². The summed E-state index contributed by atoms with van der Waals surface area (Å²) in [7, 11) is 0. The zero-order chi connectivity index (χ0) is 13.8. The number of halogens is 1. The van der Waals surface area contributed by atoms with Crippen molar-refractivity contribution >= 4 is 15.9 Å². The fraction of sp³-hybridized carbons (Fsp3) is 0.294. The zero-order valence-electron chi connectivity index (χ0n) is 11.3. The first-order valence-corrected chi connectivity index (χ1v) is 7.38. The predicted octanol–water partition coefficient (Wildman–Crippen LogP) is 4.85. The van der Waals surface area contributed by atoms with Gasteiger partial charge in [-0.05, 0) is 28.7 Å². The van der Waals surface area contributed by atoms with Crippen LogP contribution in [0.1, 0.15) is 42.6 Å². The summed E-state index contributed by atoms with van der Waals surface area (Å²) in [4.78, 5) is 0. The van der Waals surface area contributed by atoms with E-state index < -0.39 is 6.10 Å². The summed E-state index contributed by atoms with van der Waals surface area (Å²) in [6.45, 7) is 4.33. The summed E-state index contributed by atoms with van der Waals surface area (Å²) in [5.41, 5.74) is 3.37. The van der Waals surface area contributed by atoms with Crippen LogP contribution in [0, 0.1) is 0 Å². The van der Waals surface area contributed by atoms with Crippen LogP contribution < -0.4 is 0 Å². The Bertz CT molecular complexity index is 534. The predicted molar refractivity (Wildman–Crippen MR) is 83.3 cm³/mol. The summed E-state index contributed by atoms with van der Waals surface area (Å²) in [6, 6.07) is 16.3. The van der Waals surface area contributed by atoms with Crippen molar-refractivity contribution in [2.75, 3.05) is 0 Å². The van der Waals surface area contributed by atoms with Crippen LogP contribution in [0.25, 0.3) is 0 Å². The van der Waals surface area contributed by atoms with E-state index in [2.05, 4.69) is 41.9 Å². The van der Waals surface area contributed by atoms with Crippen molar-refractivity contribution in [3.05, 3.63) is 69.7 Å². The molecule has 1 atom stereocenters. The van der Waals surface area contributed by atoms with Crippen molar-refractivity contribution in [2.45, 2.75) is 32.3 Å². The molecule has 0 fully saturated rings. The number of rotatable bonds is 4. The van der Waals surface area contributed by atoms with Gasteiger partial charge in [-0.15, -0.1) is 0 Å². The third-order valence-electron chi connectivity index (χ3n) is 3.32. The Labute approximate surface area is 123 Å². The van der Waals surface area contributed by atoms with Gasteiger partial charge in [-0.3, -0.25) is 0 Å².